The van der Waals surface area contributed by atoms with Gasteiger partial charge in [-0.3, -0.25) is 9.59 Å². The lowest BCUT2D eigenvalue weighted by Gasteiger charge is -2.17. The van der Waals surface area contributed by atoms with Gasteiger partial charge in [0.15, 0.2) is 5.78 Å². The molecule has 0 aromatic heterocycles. The molecule has 1 saturated carbocycles. The lowest BCUT2D eigenvalue weighted by molar-refractivity contribution is -0.116. The van der Waals surface area contributed by atoms with Crippen LogP contribution in [0.2, 0.25) is 0 Å². The predicted molar refractivity (Wildman–Crippen MR) is 60.4 cm³/mol. The Bertz CT molecular complexity index is 475. The molecule has 82 valence electrons. The molecule has 1 fully saturated rings. The van der Waals surface area contributed by atoms with Gasteiger partial charge < -0.3 is 5.32 Å². The number of carbonyl (C=O) groups excluding carboxylic acids is 2. The van der Waals surface area contributed by atoms with Gasteiger partial charge in [-0.2, -0.15) is 0 Å². The van der Waals surface area contributed by atoms with Gasteiger partial charge in [0.05, 0.1) is 0 Å². The summed E-state index contributed by atoms with van der Waals surface area (Å²) < 4.78 is 0. The molecular weight excluding hydrogens is 202 g/mol. The van der Waals surface area contributed by atoms with Crippen molar-refractivity contribution in [2.45, 2.75) is 25.7 Å². The van der Waals surface area contributed by atoms with Crippen LogP contribution in [0.25, 0.3) is 0 Å². The number of aryl methyl sites for hydroxylation is 1. The molecule has 1 aromatic carbocycles. The van der Waals surface area contributed by atoms with Crippen LogP contribution in [0.1, 0.15) is 35.2 Å². The first-order chi connectivity index (χ1) is 7.74. The molecule has 1 N–H and O–H groups in total. The number of benzene rings is 1. The average Bonchev–Trinajstić information content (AvgIpc) is 3.11. The van der Waals surface area contributed by atoms with E-state index in [0.29, 0.717) is 6.42 Å². The summed E-state index contributed by atoms with van der Waals surface area (Å²) in [5.41, 5.74) is 2.76. The summed E-state index contributed by atoms with van der Waals surface area (Å²) in [5, 5.41) is 2.82. The first-order valence-electron chi connectivity index (χ1n) is 5.71. The van der Waals surface area contributed by atoms with Crippen LogP contribution < -0.4 is 5.32 Å². The highest BCUT2D eigenvalue weighted by molar-refractivity contribution is 6.01. The Hall–Kier alpha value is -1.64. The Balaban J connectivity index is 1.92. The molecule has 1 heterocycles. The molecule has 2 aliphatic rings. The topological polar surface area (TPSA) is 46.2 Å². The van der Waals surface area contributed by atoms with Crippen molar-refractivity contribution in [3.8, 4) is 0 Å². The van der Waals surface area contributed by atoms with Gasteiger partial charge in [-0.1, -0.05) is 0 Å². The molecule has 1 aliphatic heterocycles. The number of hydrogen-bond donors (Lipinski definition) is 1. The van der Waals surface area contributed by atoms with Gasteiger partial charge >= 0.3 is 0 Å². The van der Waals surface area contributed by atoms with Crippen molar-refractivity contribution < 1.29 is 9.59 Å². The van der Waals surface area contributed by atoms with Gasteiger partial charge in [-0.25, -0.2) is 0 Å². The number of Topliss-reactive ketones (excluding diaryl/α,β-unsaturated/α-hetero) is 1. The molecule has 0 saturated heterocycles. The molecule has 0 unspecified atom stereocenters. The summed E-state index contributed by atoms with van der Waals surface area (Å²) in [7, 11) is 0. The first kappa shape index (κ1) is 9.58. The van der Waals surface area contributed by atoms with E-state index in [1.165, 1.54) is 0 Å². The summed E-state index contributed by atoms with van der Waals surface area (Å²) >= 11 is 0. The van der Waals surface area contributed by atoms with Crippen LogP contribution in [-0.4, -0.2) is 11.7 Å². The third-order valence-corrected chi connectivity index (χ3v) is 3.23. The van der Waals surface area contributed by atoms with Crippen molar-refractivity contribution >= 4 is 17.4 Å². The Labute approximate surface area is 93.8 Å². The SMILES string of the molecule is O=C1CCc2cc(C(=O)C3CC3)ccc2N1. The van der Waals surface area contributed by atoms with Gasteiger partial charge in [0, 0.05) is 23.6 Å². The van der Waals surface area contributed by atoms with Gasteiger partial charge in [0.25, 0.3) is 0 Å². The van der Waals surface area contributed by atoms with Crippen molar-refractivity contribution in [2.75, 3.05) is 5.32 Å². The van der Waals surface area contributed by atoms with E-state index >= 15 is 0 Å². The molecular formula is C13H13NO2. The lowest BCUT2D eigenvalue weighted by Crippen LogP contribution is -2.19. The van der Waals surface area contributed by atoms with Gasteiger partial charge in [-0.05, 0) is 43.0 Å². The molecule has 0 bridgehead atoms. The molecule has 1 aliphatic carbocycles. The molecule has 0 spiro atoms. The fraction of sp³-hybridized carbons (Fsp3) is 0.385. The highest BCUT2D eigenvalue weighted by Gasteiger charge is 2.30. The molecule has 1 amide bonds. The van der Waals surface area contributed by atoms with Crippen LogP contribution in [-0.2, 0) is 11.2 Å². The summed E-state index contributed by atoms with van der Waals surface area (Å²) in [4.78, 5) is 23.1. The smallest absolute Gasteiger partial charge is 0.224 e. The maximum absolute atomic E-state index is 11.9. The third kappa shape index (κ3) is 1.62. The fourth-order valence-electron chi connectivity index (χ4n) is 2.12. The van der Waals surface area contributed by atoms with Crippen LogP contribution in [0.5, 0.6) is 0 Å². The number of amides is 1. The van der Waals surface area contributed by atoms with Crippen LogP contribution in [0.4, 0.5) is 5.69 Å². The molecule has 0 radical (unpaired) electrons. The maximum atomic E-state index is 11.9. The number of anilines is 1. The normalized spacial score (nSPS) is 18.9. The van der Waals surface area contributed by atoms with E-state index < -0.39 is 0 Å². The van der Waals surface area contributed by atoms with Gasteiger partial charge in [0.2, 0.25) is 5.91 Å². The standard InChI is InChI=1S/C13H13NO2/c15-12-6-4-9-7-10(3-5-11(9)14-12)13(16)8-1-2-8/h3,5,7-8H,1-2,4,6H2,(H,14,15). The van der Waals surface area contributed by atoms with E-state index in [2.05, 4.69) is 5.32 Å². The Kier molecular flexibility index (Phi) is 2.06. The first-order valence-corrected chi connectivity index (χ1v) is 5.71. The summed E-state index contributed by atoms with van der Waals surface area (Å²) in [6, 6.07) is 5.61. The molecule has 3 nitrogen and oxygen atoms in total. The zero-order chi connectivity index (χ0) is 11.1. The largest absolute Gasteiger partial charge is 0.326 e. The number of hydrogen-bond acceptors (Lipinski definition) is 2. The van der Waals surface area contributed by atoms with E-state index in [-0.39, 0.29) is 17.6 Å². The molecule has 16 heavy (non-hydrogen) atoms. The van der Waals surface area contributed by atoms with Crippen LogP contribution >= 0.6 is 0 Å². The van der Waals surface area contributed by atoms with Gasteiger partial charge in [-0.15, -0.1) is 0 Å². The minimum absolute atomic E-state index is 0.0637. The zero-order valence-corrected chi connectivity index (χ0v) is 8.95. The van der Waals surface area contributed by atoms with Crippen LogP contribution in [0.3, 0.4) is 0 Å². The number of rotatable bonds is 2. The van der Waals surface area contributed by atoms with Crippen molar-refractivity contribution in [1.82, 2.24) is 0 Å². The third-order valence-electron chi connectivity index (χ3n) is 3.23. The van der Waals surface area contributed by atoms with Crippen LogP contribution in [0, 0.1) is 5.92 Å². The molecule has 1 aromatic rings. The second kappa shape index (κ2) is 3.44. The summed E-state index contributed by atoms with van der Waals surface area (Å²) in [6.07, 6.45) is 3.33. The van der Waals surface area contributed by atoms with E-state index in [9.17, 15) is 9.59 Å². The Morgan fingerprint density at radius 2 is 2.06 bits per heavy atom. The summed E-state index contributed by atoms with van der Waals surface area (Å²) in [6.45, 7) is 0. The lowest BCUT2D eigenvalue weighted by atomic mass is 9.97. The predicted octanol–water partition coefficient (Wildman–Crippen LogP) is 2.16. The maximum Gasteiger partial charge on any atom is 0.224 e. The van der Waals surface area contributed by atoms with Crippen molar-refractivity contribution in [3.05, 3.63) is 29.3 Å². The van der Waals surface area contributed by atoms with E-state index in [1.807, 2.05) is 18.2 Å². The average molecular weight is 215 g/mol. The second-order valence-corrected chi connectivity index (χ2v) is 4.56. The monoisotopic (exact) mass is 215 g/mol. The van der Waals surface area contributed by atoms with Crippen molar-refractivity contribution in [2.24, 2.45) is 5.92 Å². The number of carbonyl (C=O) groups is 2. The number of ketones is 1. The van der Waals surface area contributed by atoms with E-state index in [4.69, 9.17) is 0 Å². The number of nitrogens with one attached hydrogen (secondary N) is 1. The van der Waals surface area contributed by atoms with Crippen molar-refractivity contribution in [3.63, 3.8) is 0 Å². The quantitative estimate of drug-likeness (QED) is 0.768. The minimum Gasteiger partial charge on any atom is -0.326 e. The Morgan fingerprint density at radius 3 is 2.81 bits per heavy atom. The molecule has 3 rings (SSSR count). The highest BCUT2D eigenvalue weighted by atomic mass is 16.1. The van der Waals surface area contributed by atoms with Gasteiger partial charge in [0.1, 0.15) is 0 Å². The van der Waals surface area contributed by atoms with Crippen LogP contribution in [0.15, 0.2) is 18.2 Å². The van der Waals surface area contributed by atoms with E-state index in [1.54, 1.807) is 0 Å². The van der Waals surface area contributed by atoms with Crippen molar-refractivity contribution in [1.29, 1.82) is 0 Å². The summed E-state index contributed by atoms with van der Waals surface area (Å²) in [5.74, 6) is 0.588. The zero-order valence-electron chi connectivity index (χ0n) is 8.95. The van der Waals surface area contributed by atoms with E-state index in [0.717, 1.165) is 36.1 Å². The molecule has 0 atom stereocenters. The molecule has 3 heteroatoms. The highest BCUT2D eigenvalue weighted by Crippen LogP contribution is 2.34. The fourth-order valence-corrected chi connectivity index (χ4v) is 2.12. The Morgan fingerprint density at radius 1 is 1.25 bits per heavy atom. The minimum atomic E-state index is 0.0637. The number of fused-ring (bicyclic) bond motifs is 1. The second-order valence-electron chi connectivity index (χ2n) is 4.56.